The standard InChI is InChI=1S/C8H12ClN3O/c1-6(4-13)12(2)8-3-7(9)10-5-11-8/h3,5-6,13H,4H2,1-2H3. The first-order chi connectivity index (χ1) is 6.15. The minimum absolute atomic E-state index is 0.0194. The second kappa shape index (κ2) is 4.39. The predicted molar refractivity (Wildman–Crippen MR) is 52.0 cm³/mol. The molecule has 1 rings (SSSR count). The monoisotopic (exact) mass is 201 g/mol. The lowest BCUT2D eigenvalue weighted by molar-refractivity contribution is 0.270. The SMILES string of the molecule is CC(CO)N(C)c1cc(Cl)ncn1. The second-order valence-electron chi connectivity index (χ2n) is 2.84. The minimum Gasteiger partial charge on any atom is -0.394 e. The van der Waals surface area contributed by atoms with Crippen LogP contribution in [0, 0.1) is 0 Å². The van der Waals surface area contributed by atoms with Crippen LogP contribution in [-0.2, 0) is 0 Å². The maximum Gasteiger partial charge on any atom is 0.134 e. The Balaban J connectivity index is 2.82. The number of anilines is 1. The third kappa shape index (κ3) is 2.54. The molecule has 1 aromatic rings. The van der Waals surface area contributed by atoms with Crippen molar-refractivity contribution in [3.05, 3.63) is 17.5 Å². The first-order valence-electron chi connectivity index (χ1n) is 3.96. The molecule has 1 unspecified atom stereocenters. The highest BCUT2D eigenvalue weighted by Crippen LogP contribution is 2.14. The van der Waals surface area contributed by atoms with Crippen LogP contribution in [0.1, 0.15) is 6.92 Å². The van der Waals surface area contributed by atoms with E-state index in [-0.39, 0.29) is 12.6 Å². The fourth-order valence-electron chi connectivity index (χ4n) is 0.865. The third-order valence-electron chi connectivity index (χ3n) is 1.91. The van der Waals surface area contributed by atoms with E-state index in [9.17, 15) is 0 Å². The molecule has 1 atom stereocenters. The molecule has 0 saturated heterocycles. The van der Waals surface area contributed by atoms with E-state index in [0.717, 1.165) is 0 Å². The van der Waals surface area contributed by atoms with Crippen LogP contribution in [-0.4, -0.2) is 34.8 Å². The second-order valence-corrected chi connectivity index (χ2v) is 3.23. The highest BCUT2D eigenvalue weighted by molar-refractivity contribution is 6.29. The largest absolute Gasteiger partial charge is 0.394 e. The summed E-state index contributed by atoms with van der Waals surface area (Å²) >= 11 is 5.70. The van der Waals surface area contributed by atoms with Gasteiger partial charge in [-0.05, 0) is 6.92 Å². The molecule has 0 fully saturated rings. The zero-order valence-electron chi connectivity index (χ0n) is 7.61. The first kappa shape index (κ1) is 10.2. The van der Waals surface area contributed by atoms with E-state index < -0.39 is 0 Å². The Morgan fingerprint density at radius 3 is 2.85 bits per heavy atom. The number of aliphatic hydroxyl groups excluding tert-OH is 1. The van der Waals surface area contributed by atoms with Crippen molar-refractivity contribution in [1.29, 1.82) is 0 Å². The lowest BCUT2D eigenvalue weighted by Gasteiger charge is -2.23. The smallest absolute Gasteiger partial charge is 0.134 e. The lowest BCUT2D eigenvalue weighted by atomic mass is 10.3. The zero-order valence-corrected chi connectivity index (χ0v) is 8.36. The Bertz CT molecular complexity index is 282. The van der Waals surface area contributed by atoms with Gasteiger partial charge in [0.15, 0.2) is 0 Å². The summed E-state index contributed by atoms with van der Waals surface area (Å²) in [5, 5.41) is 9.32. The topological polar surface area (TPSA) is 49.2 Å². The van der Waals surface area contributed by atoms with Crippen LogP contribution in [0.2, 0.25) is 5.15 Å². The number of hydrogen-bond acceptors (Lipinski definition) is 4. The van der Waals surface area contributed by atoms with Gasteiger partial charge < -0.3 is 10.0 Å². The highest BCUT2D eigenvalue weighted by atomic mass is 35.5. The summed E-state index contributed by atoms with van der Waals surface area (Å²) in [7, 11) is 1.85. The van der Waals surface area contributed by atoms with Gasteiger partial charge in [-0.1, -0.05) is 11.6 Å². The van der Waals surface area contributed by atoms with Crippen molar-refractivity contribution in [1.82, 2.24) is 9.97 Å². The quantitative estimate of drug-likeness (QED) is 0.740. The van der Waals surface area contributed by atoms with Crippen molar-refractivity contribution >= 4 is 17.4 Å². The number of aliphatic hydroxyl groups is 1. The van der Waals surface area contributed by atoms with Gasteiger partial charge in [0.2, 0.25) is 0 Å². The summed E-state index contributed by atoms with van der Waals surface area (Å²) < 4.78 is 0. The Hall–Kier alpha value is -0.870. The molecule has 13 heavy (non-hydrogen) atoms. The zero-order chi connectivity index (χ0) is 9.84. The summed E-state index contributed by atoms with van der Waals surface area (Å²) in [5.41, 5.74) is 0. The molecule has 1 heterocycles. The van der Waals surface area contributed by atoms with Crippen molar-refractivity contribution in [2.45, 2.75) is 13.0 Å². The average molecular weight is 202 g/mol. The van der Waals surface area contributed by atoms with Crippen molar-refractivity contribution in [3.8, 4) is 0 Å². The molecule has 0 amide bonds. The maximum atomic E-state index is 8.92. The summed E-state index contributed by atoms with van der Waals surface area (Å²) in [5.74, 6) is 0.710. The molecule has 0 aliphatic rings. The molecule has 0 saturated carbocycles. The van der Waals surface area contributed by atoms with Gasteiger partial charge in [0.05, 0.1) is 12.6 Å². The Morgan fingerprint density at radius 2 is 2.31 bits per heavy atom. The fourth-order valence-corrected chi connectivity index (χ4v) is 1.01. The molecule has 0 aromatic carbocycles. The third-order valence-corrected chi connectivity index (χ3v) is 2.11. The van der Waals surface area contributed by atoms with Crippen LogP contribution in [0.4, 0.5) is 5.82 Å². The van der Waals surface area contributed by atoms with E-state index in [2.05, 4.69) is 9.97 Å². The number of halogens is 1. The van der Waals surface area contributed by atoms with Crippen molar-refractivity contribution < 1.29 is 5.11 Å². The number of aromatic nitrogens is 2. The van der Waals surface area contributed by atoms with Gasteiger partial charge >= 0.3 is 0 Å². The van der Waals surface area contributed by atoms with E-state index in [4.69, 9.17) is 16.7 Å². The van der Waals surface area contributed by atoms with Crippen LogP contribution < -0.4 is 4.90 Å². The molecule has 0 spiro atoms. The van der Waals surface area contributed by atoms with Crippen molar-refractivity contribution in [3.63, 3.8) is 0 Å². The van der Waals surface area contributed by atoms with Gasteiger partial charge in [-0.3, -0.25) is 0 Å². The Labute approximate surface area is 82.2 Å². The van der Waals surface area contributed by atoms with Crippen molar-refractivity contribution in [2.75, 3.05) is 18.6 Å². The van der Waals surface area contributed by atoms with Crippen LogP contribution in [0.5, 0.6) is 0 Å². The van der Waals surface area contributed by atoms with Gasteiger partial charge in [0.25, 0.3) is 0 Å². The fraction of sp³-hybridized carbons (Fsp3) is 0.500. The summed E-state index contributed by atoms with van der Waals surface area (Å²) in [6.07, 6.45) is 1.40. The highest BCUT2D eigenvalue weighted by Gasteiger charge is 2.09. The van der Waals surface area contributed by atoms with E-state index in [0.29, 0.717) is 11.0 Å². The number of nitrogens with zero attached hydrogens (tertiary/aromatic N) is 3. The predicted octanol–water partition coefficient (Wildman–Crippen LogP) is 0.947. The molecular weight excluding hydrogens is 190 g/mol. The van der Waals surface area contributed by atoms with Crippen LogP contribution in [0.15, 0.2) is 12.4 Å². The van der Waals surface area contributed by atoms with Gasteiger partial charge in [-0.15, -0.1) is 0 Å². The van der Waals surface area contributed by atoms with Gasteiger partial charge in [0, 0.05) is 13.1 Å². The molecule has 0 radical (unpaired) electrons. The van der Waals surface area contributed by atoms with E-state index in [1.165, 1.54) is 6.33 Å². The molecule has 1 N–H and O–H groups in total. The van der Waals surface area contributed by atoms with Crippen LogP contribution in [0.3, 0.4) is 0 Å². The summed E-state index contributed by atoms with van der Waals surface area (Å²) in [4.78, 5) is 9.64. The van der Waals surface area contributed by atoms with E-state index >= 15 is 0 Å². The lowest BCUT2D eigenvalue weighted by Crippen LogP contribution is -2.32. The number of likely N-dealkylation sites (N-methyl/N-ethyl adjacent to an activating group) is 1. The van der Waals surface area contributed by atoms with E-state index in [1.54, 1.807) is 6.07 Å². The van der Waals surface area contributed by atoms with Crippen LogP contribution in [0.25, 0.3) is 0 Å². The molecule has 1 aromatic heterocycles. The molecule has 5 heteroatoms. The number of hydrogen-bond donors (Lipinski definition) is 1. The molecule has 0 aliphatic heterocycles. The molecule has 4 nitrogen and oxygen atoms in total. The Kier molecular flexibility index (Phi) is 3.45. The summed E-state index contributed by atoms with van der Waals surface area (Å²) in [6.45, 7) is 1.98. The number of rotatable bonds is 3. The molecule has 0 bridgehead atoms. The van der Waals surface area contributed by atoms with Crippen molar-refractivity contribution in [2.24, 2.45) is 0 Å². The first-order valence-corrected chi connectivity index (χ1v) is 4.34. The Morgan fingerprint density at radius 1 is 1.62 bits per heavy atom. The van der Waals surface area contributed by atoms with Gasteiger partial charge in [-0.25, -0.2) is 9.97 Å². The molecule has 0 aliphatic carbocycles. The maximum absolute atomic E-state index is 8.92. The normalized spacial score (nSPS) is 12.6. The van der Waals surface area contributed by atoms with Crippen LogP contribution >= 0.6 is 11.6 Å². The molecule has 72 valence electrons. The van der Waals surface area contributed by atoms with E-state index in [1.807, 2.05) is 18.9 Å². The van der Waals surface area contributed by atoms with Gasteiger partial charge in [0.1, 0.15) is 17.3 Å². The molecular formula is C8H12ClN3O. The average Bonchev–Trinajstić information content (AvgIpc) is 2.15. The minimum atomic E-state index is 0.0194. The van der Waals surface area contributed by atoms with Gasteiger partial charge in [-0.2, -0.15) is 0 Å². The summed E-state index contributed by atoms with van der Waals surface area (Å²) in [6, 6.07) is 1.68.